The van der Waals surface area contributed by atoms with Crippen LogP contribution in [0.15, 0.2) is 41.8 Å². The highest BCUT2D eigenvalue weighted by molar-refractivity contribution is 7.09. The Hall–Kier alpha value is -2.87. The van der Waals surface area contributed by atoms with Gasteiger partial charge in [-0.2, -0.15) is 0 Å². The van der Waals surface area contributed by atoms with Crippen LogP contribution in [0, 0.1) is 11.8 Å². The number of benzene rings is 1. The molecule has 8 heteroatoms. The third-order valence-electron chi connectivity index (χ3n) is 7.16. The molecule has 35 heavy (non-hydrogen) atoms. The number of hydrogen-bond donors (Lipinski definition) is 1. The number of likely N-dealkylation sites (tertiary alicyclic amines) is 1. The number of carbonyl (C=O) groups is 3. The lowest BCUT2D eigenvalue weighted by molar-refractivity contribution is -0.137. The van der Waals surface area contributed by atoms with Crippen LogP contribution in [-0.2, 0) is 22.6 Å². The van der Waals surface area contributed by atoms with E-state index >= 15 is 0 Å². The van der Waals surface area contributed by atoms with Gasteiger partial charge in [0.1, 0.15) is 11.3 Å². The first-order chi connectivity index (χ1) is 16.8. The number of carbonyl (C=O) groups excluding carboxylic acids is 3. The van der Waals surface area contributed by atoms with E-state index in [0.29, 0.717) is 51.7 Å². The molecule has 0 unspecified atom stereocenters. The minimum Gasteiger partial charge on any atom is -0.497 e. The van der Waals surface area contributed by atoms with E-state index in [1.807, 2.05) is 46.7 Å². The Balaban J connectivity index is 1.38. The molecule has 4 amide bonds. The maximum Gasteiger partial charge on any atom is 0.325 e. The number of urea groups is 1. The first-order valence-electron chi connectivity index (χ1n) is 12.4. The summed E-state index contributed by atoms with van der Waals surface area (Å²) in [6, 6.07) is 11.4. The molecule has 0 spiro atoms. The second-order valence-corrected chi connectivity index (χ2v) is 11.0. The number of aryl methyl sites for hydroxylation is 1. The fraction of sp³-hybridized carbons (Fsp3) is 0.519. The molecule has 1 aromatic carbocycles. The summed E-state index contributed by atoms with van der Waals surface area (Å²) in [5.74, 6) is 1.09. The molecule has 2 saturated heterocycles. The van der Waals surface area contributed by atoms with E-state index in [-0.39, 0.29) is 29.7 Å². The maximum absolute atomic E-state index is 13.7. The Bertz CT molecular complexity index is 1030. The van der Waals surface area contributed by atoms with Gasteiger partial charge in [-0.05, 0) is 66.7 Å². The number of amides is 4. The molecule has 0 saturated carbocycles. The lowest BCUT2D eigenvalue weighted by Gasteiger charge is -2.41. The van der Waals surface area contributed by atoms with Crippen molar-refractivity contribution in [1.29, 1.82) is 0 Å². The molecular weight excluding hydrogens is 462 g/mol. The average Bonchev–Trinajstić information content (AvgIpc) is 3.45. The number of methoxy groups -OCH3 is 1. The third kappa shape index (κ3) is 5.53. The van der Waals surface area contributed by atoms with E-state index in [1.54, 1.807) is 18.4 Å². The first kappa shape index (κ1) is 25.2. The van der Waals surface area contributed by atoms with Crippen molar-refractivity contribution in [3.63, 3.8) is 0 Å². The number of piperidine rings is 1. The van der Waals surface area contributed by atoms with Crippen LogP contribution >= 0.6 is 11.3 Å². The van der Waals surface area contributed by atoms with Crippen molar-refractivity contribution >= 4 is 29.2 Å². The Labute approximate surface area is 211 Å². The molecule has 7 nitrogen and oxygen atoms in total. The lowest BCUT2D eigenvalue weighted by atomic mass is 9.73. The van der Waals surface area contributed by atoms with Gasteiger partial charge < -0.3 is 15.0 Å². The normalized spacial score (nSPS) is 21.0. The Morgan fingerprint density at radius 1 is 1.17 bits per heavy atom. The summed E-state index contributed by atoms with van der Waals surface area (Å²) in [5.41, 5.74) is 0.218. The molecule has 2 aliphatic heterocycles. The monoisotopic (exact) mass is 497 g/mol. The van der Waals surface area contributed by atoms with Gasteiger partial charge in [0.05, 0.1) is 13.7 Å². The van der Waals surface area contributed by atoms with E-state index in [0.717, 1.165) is 16.2 Å². The van der Waals surface area contributed by atoms with Crippen molar-refractivity contribution in [3.8, 4) is 5.75 Å². The molecule has 3 heterocycles. The zero-order valence-electron chi connectivity index (χ0n) is 20.8. The second-order valence-electron chi connectivity index (χ2n) is 9.97. The quantitative estimate of drug-likeness (QED) is 0.519. The molecule has 4 rings (SSSR count). The molecule has 0 radical (unpaired) electrons. The number of rotatable bonds is 9. The SMILES string of the molecule is COc1ccc(CCC(=O)N2CCC([C@@]3(CC(C)C)NC(=O)N(Cc4cccs4)C3=O)CC2)cc1. The van der Waals surface area contributed by atoms with Gasteiger partial charge in [0.15, 0.2) is 0 Å². The highest BCUT2D eigenvalue weighted by Gasteiger charge is 2.56. The van der Waals surface area contributed by atoms with Crippen molar-refractivity contribution in [3.05, 3.63) is 52.2 Å². The van der Waals surface area contributed by atoms with E-state index in [4.69, 9.17) is 4.74 Å². The van der Waals surface area contributed by atoms with Crippen LogP contribution in [0.5, 0.6) is 5.75 Å². The molecule has 188 valence electrons. The van der Waals surface area contributed by atoms with Crippen molar-refractivity contribution in [2.75, 3.05) is 20.2 Å². The Morgan fingerprint density at radius 2 is 1.89 bits per heavy atom. The van der Waals surface area contributed by atoms with Crippen LogP contribution < -0.4 is 10.1 Å². The largest absolute Gasteiger partial charge is 0.497 e. The van der Waals surface area contributed by atoms with Crippen LogP contribution in [0.25, 0.3) is 0 Å². The topological polar surface area (TPSA) is 79.0 Å². The summed E-state index contributed by atoms with van der Waals surface area (Å²) in [6.07, 6.45) is 3.17. The fourth-order valence-corrected chi connectivity index (χ4v) is 6.09. The fourth-order valence-electron chi connectivity index (χ4n) is 5.40. The molecule has 2 fully saturated rings. The predicted octanol–water partition coefficient (Wildman–Crippen LogP) is 4.46. The molecular formula is C27H35N3O4S. The van der Waals surface area contributed by atoms with Crippen LogP contribution in [0.2, 0.25) is 0 Å². The average molecular weight is 498 g/mol. The number of thiophene rings is 1. The minimum atomic E-state index is -0.888. The molecule has 1 atom stereocenters. The zero-order chi connectivity index (χ0) is 25.0. The van der Waals surface area contributed by atoms with E-state index in [1.165, 1.54) is 4.90 Å². The maximum atomic E-state index is 13.7. The predicted molar refractivity (Wildman–Crippen MR) is 136 cm³/mol. The van der Waals surface area contributed by atoms with Crippen molar-refractivity contribution in [2.24, 2.45) is 11.8 Å². The number of ether oxygens (including phenoxy) is 1. The molecule has 2 aliphatic rings. The minimum absolute atomic E-state index is 0.0142. The molecule has 2 aromatic rings. The lowest BCUT2D eigenvalue weighted by Crippen LogP contribution is -2.57. The summed E-state index contributed by atoms with van der Waals surface area (Å²) < 4.78 is 5.19. The number of imide groups is 1. The van der Waals surface area contributed by atoms with Gasteiger partial charge in [-0.3, -0.25) is 14.5 Å². The zero-order valence-corrected chi connectivity index (χ0v) is 21.6. The molecule has 0 aliphatic carbocycles. The van der Waals surface area contributed by atoms with E-state index in [2.05, 4.69) is 19.2 Å². The summed E-state index contributed by atoms with van der Waals surface area (Å²) in [4.78, 5) is 43.7. The number of nitrogens with zero attached hydrogens (tertiary/aromatic N) is 2. The van der Waals surface area contributed by atoms with Crippen LogP contribution in [0.3, 0.4) is 0 Å². The van der Waals surface area contributed by atoms with Crippen LogP contribution in [0.1, 0.15) is 50.0 Å². The summed E-state index contributed by atoms with van der Waals surface area (Å²) in [5, 5.41) is 5.06. The highest BCUT2D eigenvalue weighted by Crippen LogP contribution is 2.39. The van der Waals surface area contributed by atoms with Crippen LogP contribution in [-0.4, -0.2) is 53.4 Å². The van der Waals surface area contributed by atoms with E-state index < -0.39 is 5.54 Å². The van der Waals surface area contributed by atoms with Gasteiger partial charge in [0.2, 0.25) is 5.91 Å². The van der Waals surface area contributed by atoms with Crippen LogP contribution in [0.4, 0.5) is 4.79 Å². The number of nitrogens with one attached hydrogen (secondary N) is 1. The van der Waals surface area contributed by atoms with Gasteiger partial charge in [-0.15, -0.1) is 11.3 Å². The molecule has 1 N–H and O–H groups in total. The molecule has 0 bridgehead atoms. The van der Waals surface area contributed by atoms with Gasteiger partial charge in [0, 0.05) is 24.4 Å². The first-order valence-corrected chi connectivity index (χ1v) is 13.3. The van der Waals surface area contributed by atoms with Gasteiger partial charge >= 0.3 is 6.03 Å². The number of hydrogen-bond acceptors (Lipinski definition) is 5. The van der Waals surface area contributed by atoms with E-state index in [9.17, 15) is 14.4 Å². The summed E-state index contributed by atoms with van der Waals surface area (Å²) >= 11 is 1.55. The summed E-state index contributed by atoms with van der Waals surface area (Å²) in [7, 11) is 1.64. The van der Waals surface area contributed by atoms with Gasteiger partial charge in [-0.25, -0.2) is 4.79 Å². The Kier molecular flexibility index (Phi) is 7.79. The third-order valence-corrected chi connectivity index (χ3v) is 8.02. The van der Waals surface area contributed by atoms with Crippen molar-refractivity contribution in [1.82, 2.24) is 15.1 Å². The standard InChI is InChI=1S/C27H35N3O4S/c1-19(2)17-27(25(32)30(26(33)28-27)18-23-5-4-16-35-23)21-12-14-29(15-13-21)24(31)11-8-20-6-9-22(34-3)10-7-20/h4-7,9-10,16,19,21H,8,11-15,17-18H2,1-3H3,(H,28,33)/t27-/m1/s1. The van der Waals surface area contributed by atoms with Crippen molar-refractivity contribution in [2.45, 2.75) is 58.0 Å². The highest BCUT2D eigenvalue weighted by atomic mass is 32.1. The van der Waals surface area contributed by atoms with Gasteiger partial charge in [-0.1, -0.05) is 32.0 Å². The molecule has 1 aromatic heterocycles. The Morgan fingerprint density at radius 3 is 2.49 bits per heavy atom. The van der Waals surface area contributed by atoms with Gasteiger partial charge in [0.25, 0.3) is 5.91 Å². The smallest absolute Gasteiger partial charge is 0.325 e. The summed E-state index contributed by atoms with van der Waals surface area (Å²) in [6.45, 7) is 5.70. The second kappa shape index (κ2) is 10.8. The van der Waals surface area contributed by atoms with Crippen molar-refractivity contribution < 1.29 is 19.1 Å².